The van der Waals surface area contributed by atoms with Gasteiger partial charge in [0.05, 0.1) is 18.6 Å². The van der Waals surface area contributed by atoms with Gasteiger partial charge in [-0.1, -0.05) is 0 Å². The van der Waals surface area contributed by atoms with Gasteiger partial charge in [0.1, 0.15) is 5.75 Å². The van der Waals surface area contributed by atoms with E-state index >= 15 is 0 Å². The highest BCUT2D eigenvalue weighted by atomic mass is 32.2. The Balaban J connectivity index is 2.06. The van der Waals surface area contributed by atoms with Crippen LogP contribution in [0.5, 0.6) is 5.75 Å². The molecule has 0 radical (unpaired) electrons. The lowest BCUT2D eigenvalue weighted by Crippen LogP contribution is -2.47. The average Bonchev–Trinajstić information content (AvgIpc) is 2.54. The van der Waals surface area contributed by atoms with Gasteiger partial charge in [0.25, 0.3) is 0 Å². The van der Waals surface area contributed by atoms with Crippen molar-refractivity contribution >= 4 is 10.0 Å². The van der Waals surface area contributed by atoms with Crippen LogP contribution in [0.1, 0.15) is 12.8 Å². The molecule has 0 spiro atoms. The summed E-state index contributed by atoms with van der Waals surface area (Å²) in [5.41, 5.74) is -0.139. The molecule has 1 aromatic rings. The molecule has 0 unspecified atom stereocenters. The zero-order chi connectivity index (χ0) is 16.1. The van der Waals surface area contributed by atoms with Gasteiger partial charge in [-0.3, -0.25) is 0 Å². The molecule has 1 aliphatic heterocycles. The summed E-state index contributed by atoms with van der Waals surface area (Å²) in [5.74, 6) is 0.633. The van der Waals surface area contributed by atoms with E-state index in [2.05, 4.69) is 10.0 Å². The molecule has 1 saturated heterocycles. The molecular formula is C15H24N2O4S. The quantitative estimate of drug-likeness (QED) is 0.780. The van der Waals surface area contributed by atoms with E-state index in [1.165, 1.54) is 0 Å². The topological polar surface area (TPSA) is 76.7 Å². The van der Waals surface area contributed by atoms with Crippen molar-refractivity contribution in [3.05, 3.63) is 24.3 Å². The Morgan fingerprint density at radius 1 is 1.18 bits per heavy atom. The summed E-state index contributed by atoms with van der Waals surface area (Å²) < 4.78 is 37.9. The lowest BCUT2D eigenvalue weighted by atomic mass is 9.80. The fraction of sp³-hybridized carbons (Fsp3) is 0.600. The average molecular weight is 328 g/mol. The number of nitrogens with one attached hydrogen (secondary N) is 2. The second-order valence-electron chi connectivity index (χ2n) is 5.68. The summed E-state index contributed by atoms with van der Waals surface area (Å²) in [6.07, 6.45) is 1.79. The maximum atomic E-state index is 12.4. The first-order valence-electron chi connectivity index (χ1n) is 7.35. The monoisotopic (exact) mass is 328 g/mol. The van der Waals surface area contributed by atoms with Gasteiger partial charge in [-0.05, 0) is 50.2 Å². The van der Waals surface area contributed by atoms with Crippen LogP contribution < -0.4 is 14.8 Å². The van der Waals surface area contributed by atoms with Crippen LogP contribution in [0.4, 0.5) is 0 Å². The summed E-state index contributed by atoms with van der Waals surface area (Å²) in [7, 11) is -0.319. The third kappa shape index (κ3) is 4.19. The van der Waals surface area contributed by atoms with Gasteiger partial charge in [-0.2, -0.15) is 0 Å². The molecule has 6 nitrogen and oxygen atoms in total. The normalized spacial score (nSPS) is 18.1. The van der Waals surface area contributed by atoms with Crippen LogP contribution in [-0.2, 0) is 14.8 Å². The highest BCUT2D eigenvalue weighted by molar-refractivity contribution is 7.89. The molecule has 0 saturated carbocycles. The molecule has 7 heteroatoms. The lowest BCUT2D eigenvalue weighted by Gasteiger charge is -2.37. The number of piperidine rings is 1. The minimum absolute atomic E-state index is 0.139. The molecule has 124 valence electrons. The van der Waals surface area contributed by atoms with Crippen LogP contribution in [0.25, 0.3) is 0 Å². The van der Waals surface area contributed by atoms with E-state index in [9.17, 15) is 8.42 Å². The molecule has 0 aliphatic carbocycles. The van der Waals surface area contributed by atoms with Crippen molar-refractivity contribution in [1.82, 2.24) is 10.0 Å². The molecule has 0 bridgehead atoms. The van der Waals surface area contributed by atoms with Gasteiger partial charge in [0.2, 0.25) is 10.0 Å². The number of hydrogen-bond donors (Lipinski definition) is 2. The number of hydrogen-bond acceptors (Lipinski definition) is 5. The minimum atomic E-state index is -3.52. The van der Waals surface area contributed by atoms with Crippen LogP contribution in [-0.4, -0.2) is 48.9 Å². The van der Waals surface area contributed by atoms with E-state index in [0.29, 0.717) is 18.9 Å². The number of methoxy groups -OCH3 is 2. The molecule has 0 atom stereocenters. The summed E-state index contributed by atoms with van der Waals surface area (Å²) in [4.78, 5) is 0.245. The highest BCUT2D eigenvalue weighted by Crippen LogP contribution is 2.29. The SMILES string of the molecule is COCC1(CNS(=O)(=O)c2ccc(OC)cc2)CCNCC1. The summed E-state index contributed by atoms with van der Waals surface area (Å²) >= 11 is 0. The zero-order valence-corrected chi connectivity index (χ0v) is 13.9. The molecule has 1 fully saturated rings. The van der Waals surface area contributed by atoms with E-state index in [0.717, 1.165) is 25.9 Å². The second-order valence-corrected chi connectivity index (χ2v) is 7.45. The summed E-state index contributed by atoms with van der Waals surface area (Å²) in [6.45, 7) is 2.71. The molecule has 1 aliphatic rings. The Hall–Kier alpha value is -1.15. The fourth-order valence-electron chi connectivity index (χ4n) is 2.72. The Morgan fingerprint density at radius 3 is 2.36 bits per heavy atom. The molecule has 1 aromatic carbocycles. The summed E-state index contributed by atoms with van der Waals surface area (Å²) in [6, 6.07) is 6.38. The van der Waals surface area contributed by atoms with Crippen LogP contribution in [0.3, 0.4) is 0 Å². The van der Waals surface area contributed by atoms with Gasteiger partial charge in [0, 0.05) is 19.1 Å². The van der Waals surface area contributed by atoms with Crippen LogP contribution >= 0.6 is 0 Å². The largest absolute Gasteiger partial charge is 0.497 e. The van der Waals surface area contributed by atoms with Crippen molar-refractivity contribution in [3.63, 3.8) is 0 Å². The number of sulfonamides is 1. The predicted molar refractivity (Wildman–Crippen MR) is 84.6 cm³/mol. The number of ether oxygens (including phenoxy) is 2. The van der Waals surface area contributed by atoms with Crippen LogP contribution in [0, 0.1) is 5.41 Å². The number of rotatable bonds is 7. The van der Waals surface area contributed by atoms with Crippen molar-refractivity contribution in [3.8, 4) is 5.75 Å². The maximum Gasteiger partial charge on any atom is 0.240 e. The first-order valence-corrected chi connectivity index (χ1v) is 8.83. The third-order valence-electron chi connectivity index (χ3n) is 4.12. The lowest BCUT2D eigenvalue weighted by molar-refractivity contribution is 0.0577. The number of benzene rings is 1. The van der Waals surface area contributed by atoms with E-state index in [4.69, 9.17) is 9.47 Å². The first kappa shape index (κ1) is 17.2. The standard InChI is InChI=1S/C15H24N2O4S/c1-20-12-15(7-9-16-10-8-15)11-17-22(18,19)14-5-3-13(21-2)4-6-14/h3-6,16-17H,7-12H2,1-2H3. The molecule has 0 amide bonds. The van der Waals surface area contributed by atoms with Crippen molar-refractivity contribution in [2.24, 2.45) is 5.41 Å². The Morgan fingerprint density at radius 2 is 1.82 bits per heavy atom. The summed E-state index contributed by atoms with van der Waals surface area (Å²) in [5, 5.41) is 3.29. The van der Waals surface area contributed by atoms with E-state index in [1.807, 2.05) is 0 Å². The maximum absolute atomic E-state index is 12.4. The highest BCUT2D eigenvalue weighted by Gasteiger charge is 2.33. The van der Waals surface area contributed by atoms with Crippen LogP contribution in [0.2, 0.25) is 0 Å². The predicted octanol–water partition coefficient (Wildman–Crippen LogP) is 0.990. The van der Waals surface area contributed by atoms with Crippen molar-refractivity contribution < 1.29 is 17.9 Å². The first-order chi connectivity index (χ1) is 10.5. The molecule has 0 aromatic heterocycles. The molecular weight excluding hydrogens is 304 g/mol. The van der Waals surface area contributed by atoms with E-state index in [-0.39, 0.29) is 10.3 Å². The smallest absolute Gasteiger partial charge is 0.240 e. The third-order valence-corrected chi connectivity index (χ3v) is 5.54. The van der Waals surface area contributed by atoms with Crippen molar-refractivity contribution in [2.75, 3.05) is 40.5 Å². The molecule has 2 rings (SSSR count). The van der Waals surface area contributed by atoms with Crippen molar-refractivity contribution in [1.29, 1.82) is 0 Å². The zero-order valence-electron chi connectivity index (χ0n) is 13.1. The van der Waals surface area contributed by atoms with Gasteiger partial charge < -0.3 is 14.8 Å². The molecule has 1 heterocycles. The Kier molecular flexibility index (Phi) is 5.80. The van der Waals surface area contributed by atoms with E-state index in [1.54, 1.807) is 38.5 Å². The van der Waals surface area contributed by atoms with Gasteiger partial charge in [-0.25, -0.2) is 13.1 Å². The Bertz CT molecular complexity index is 560. The van der Waals surface area contributed by atoms with E-state index < -0.39 is 10.0 Å². The molecule has 22 heavy (non-hydrogen) atoms. The van der Waals surface area contributed by atoms with Gasteiger partial charge in [-0.15, -0.1) is 0 Å². The molecule has 2 N–H and O–H groups in total. The van der Waals surface area contributed by atoms with Crippen LogP contribution in [0.15, 0.2) is 29.2 Å². The fourth-order valence-corrected chi connectivity index (χ4v) is 3.88. The van der Waals surface area contributed by atoms with Gasteiger partial charge >= 0.3 is 0 Å². The Labute approximate surface area is 132 Å². The second kappa shape index (κ2) is 7.41. The van der Waals surface area contributed by atoms with Gasteiger partial charge in [0.15, 0.2) is 0 Å². The van der Waals surface area contributed by atoms with Crippen molar-refractivity contribution in [2.45, 2.75) is 17.7 Å². The minimum Gasteiger partial charge on any atom is -0.497 e.